The lowest BCUT2D eigenvalue weighted by atomic mass is 10.1. The lowest BCUT2D eigenvalue weighted by Crippen LogP contribution is -2.42. The second-order valence-corrected chi connectivity index (χ2v) is 5.44. The SMILES string of the molecule is CC(C)(C)NC1[C@H]2CN(C(=O)O)C[C@@H]12. The normalized spacial score (nSPS) is 35.6. The zero-order valence-corrected chi connectivity index (χ0v) is 8.95. The summed E-state index contributed by atoms with van der Waals surface area (Å²) < 4.78 is 0. The molecule has 0 aromatic carbocycles. The Bertz CT molecular complexity index is 247. The number of likely N-dealkylation sites (tertiary alicyclic amines) is 1. The maximum atomic E-state index is 10.7. The molecule has 1 saturated carbocycles. The first-order valence-electron chi connectivity index (χ1n) is 5.14. The van der Waals surface area contributed by atoms with E-state index in [4.69, 9.17) is 5.11 Å². The molecule has 0 radical (unpaired) electrons. The molecule has 3 atom stereocenters. The van der Waals surface area contributed by atoms with Gasteiger partial charge in [0.15, 0.2) is 0 Å². The lowest BCUT2D eigenvalue weighted by molar-refractivity contribution is 0.148. The van der Waals surface area contributed by atoms with Crippen LogP contribution in [0.2, 0.25) is 0 Å². The third-order valence-corrected chi connectivity index (χ3v) is 3.06. The van der Waals surface area contributed by atoms with Gasteiger partial charge in [0.05, 0.1) is 0 Å². The van der Waals surface area contributed by atoms with Crippen molar-refractivity contribution in [2.45, 2.75) is 32.4 Å². The number of nitrogens with zero attached hydrogens (tertiary/aromatic N) is 1. The van der Waals surface area contributed by atoms with Gasteiger partial charge in [-0.05, 0) is 32.6 Å². The first kappa shape index (κ1) is 9.77. The highest BCUT2D eigenvalue weighted by Crippen LogP contribution is 2.46. The van der Waals surface area contributed by atoms with Gasteiger partial charge in [0.2, 0.25) is 0 Å². The van der Waals surface area contributed by atoms with E-state index in [-0.39, 0.29) is 5.54 Å². The smallest absolute Gasteiger partial charge is 0.407 e. The number of carboxylic acid groups (broad SMARTS) is 1. The van der Waals surface area contributed by atoms with Crippen molar-refractivity contribution in [2.75, 3.05) is 13.1 Å². The van der Waals surface area contributed by atoms with E-state index in [2.05, 4.69) is 26.1 Å². The van der Waals surface area contributed by atoms with Crippen molar-refractivity contribution in [3.63, 3.8) is 0 Å². The number of amides is 1. The monoisotopic (exact) mass is 198 g/mol. The Morgan fingerprint density at radius 2 is 1.86 bits per heavy atom. The van der Waals surface area contributed by atoms with E-state index in [9.17, 15) is 4.79 Å². The molecule has 1 aliphatic heterocycles. The molecule has 0 aromatic heterocycles. The fraction of sp³-hybridized carbons (Fsp3) is 0.900. The van der Waals surface area contributed by atoms with Crippen molar-refractivity contribution in [1.82, 2.24) is 10.2 Å². The Morgan fingerprint density at radius 1 is 1.36 bits per heavy atom. The van der Waals surface area contributed by atoms with E-state index >= 15 is 0 Å². The summed E-state index contributed by atoms with van der Waals surface area (Å²) in [6.07, 6.45) is -0.772. The summed E-state index contributed by atoms with van der Waals surface area (Å²) in [6, 6.07) is 0.547. The molecule has 1 unspecified atom stereocenters. The Kier molecular flexibility index (Phi) is 2.00. The predicted octanol–water partition coefficient (Wildman–Crippen LogP) is 0.983. The molecule has 0 aromatic rings. The molecular formula is C10H18N2O2. The molecule has 14 heavy (non-hydrogen) atoms. The van der Waals surface area contributed by atoms with E-state index in [1.165, 1.54) is 4.90 Å². The van der Waals surface area contributed by atoms with Gasteiger partial charge >= 0.3 is 6.09 Å². The van der Waals surface area contributed by atoms with Crippen molar-refractivity contribution in [3.05, 3.63) is 0 Å². The highest BCUT2D eigenvalue weighted by atomic mass is 16.4. The zero-order chi connectivity index (χ0) is 10.5. The molecule has 0 spiro atoms. The third kappa shape index (κ3) is 1.71. The first-order valence-corrected chi connectivity index (χ1v) is 5.14. The van der Waals surface area contributed by atoms with E-state index < -0.39 is 6.09 Å². The minimum absolute atomic E-state index is 0.142. The number of carbonyl (C=O) groups is 1. The van der Waals surface area contributed by atoms with E-state index in [1.54, 1.807) is 0 Å². The van der Waals surface area contributed by atoms with Gasteiger partial charge in [-0.25, -0.2) is 4.79 Å². The molecule has 2 fully saturated rings. The largest absolute Gasteiger partial charge is 0.465 e. The van der Waals surface area contributed by atoms with Crippen LogP contribution in [0.5, 0.6) is 0 Å². The highest BCUT2D eigenvalue weighted by Gasteiger charge is 2.57. The van der Waals surface area contributed by atoms with Gasteiger partial charge < -0.3 is 15.3 Å². The summed E-state index contributed by atoms with van der Waals surface area (Å²) >= 11 is 0. The summed E-state index contributed by atoms with van der Waals surface area (Å²) in [5, 5.41) is 12.3. The van der Waals surface area contributed by atoms with Crippen LogP contribution in [0.3, 0.4) is 0 Å². The lowest BCUT2D eigenvalue weighted by Gasteiger charge is -2.24. The first-order chi connectivity index (χ1) is 6.38. The molecule has 4 nitrogen and oxygen atoms in total. The van der Waals surface area contributed by atoms with E-state index in [0.717, 1.165) is 0 Å². The topological polar surface area (TPSA) is 52.6 Å². The Hall–Kier alpha value is -0.770. The van der Waals surface area contributed by atoms with E-state index in [0.29, 0.717) is 31.0 Å². The van der Waals surface area contributed by atoms with Crippen LogP contribution in [-0.2, 0) is 0 Å². The molecule has 1 amide bonds. The fourth-order valence-electron chi connectivity index (χ4n) is 2.40. The number of nitrogens with one attached hydrogen (secondary N) is 1. The average Bonchev–Trinajstić information content (AvgIpc) is 2.50. The van der Waals surface area contributed by atoms with Crippen molar-refractivity contribution in [2.24, 2.45) is 11.8 Å². The Morgan fingerprint density at radius 3 is 2.21 bits per heavy atom. The van der Waals surface area contributed by atoms with Gasteiger partial charge in [-0.2, -0.15) is 0 Å². The number of rotatable bonds is 1. The van der Waals surface area contributed by atoms with Crippen LogP contribution in [0.15, 0.2) is 0 Å². The maximum absolute atomic E-state index is 10.7. The Labute approximate surface area is 84.3 Å². The standard InChI is InChI=1S/C10H18N2O2/c1-10(2,3)11-8-6-4-12(9(13)14)5-7(6)8/h6-8,11H,4-5H2,1-3H3,(H,13,14)/t6-,7+,8?. The summed E-state index contributed by atoms with van der Waals surface area (Å²) in [6.45, 7) is 7.88. The summed E-state index contributed by atoms with van der Waals surface area (Å²) in [4.78, 5) is 12.2. The number of fused-ring (bicyclic) bond motifs is 1. The molecule has 1 heterocycles. The molecule has 2 rings (SSSR count). The van der Waals surface area contributed by atoms with E-state index in [1.807, 2.05) is 0 Å². The van der Waals surface area contributed by atoms with Gasteiger partial charge in [0.1, 0.15) is 0 Å². The predicted molar refractivity (Wildman–Crippen MR) is 53.3 cm³/mol. The molecule has 2 N–H and O–H groups in total. The van der Waals surface area contributed by atoms with Crippen LogP contribution in [0, 0.1) is 11.8 Å². The van der Waals surface area contributed by atoms with Crippen LogP contribution in [0.25, 0.3) is 0 Å². The molecule has 4 heteroatoms. The van der Waals surface area contributed by atoms with Crippen molar-refractivity contribution < 1.29 is 9.90 Å². The highest BCUT2D eigenvalue weighted by molar-refractivity contribution is 5.65. The van der Waals surface area contributed by atoms with Crippen molar-refractivity contribution >= 4 is 6.09 Å². The zero-order valence-electron chi connectivity index (χ0n) is 8.95. The average molecular weight is 198 g/mol. The van der Waals surface area contributed by atoms with Gasteiger partial charge in [-0.15, -0.1) is 0 Å². The van der Waals surface area contributed by atoms with Crippen LogP contribution < -0.4 is 5.32 Å². The maximum Gasteiger partial charge on any atom is 0.407 e. The van der Waals surface area contributed by atoms with Crippen LogP contribution in [0.1, 0.15) is 20.8 Å². The quantitative estimate of drug-likeness (QED) is 0.660. The van der Waals surface area contributed by atoms with Crippen LogP contribution in [0.4, 0.5) is 4.79 Å². The molecular weight excluding hydrogens is 180 g/mol. The summed E-state index contributed by atoms with van der Waals surface area (Å²) in [7, 11) is 0. The van der Waals surface area contributed by atoms with Crippen molar-refractivity contribution in [3.8, 4) is 0 Å². The van der Waals surface area contributed by atoms with Crippen molar-refractivity contribution in [1.29, 1.82) is 0 Å². The summed E-state index contributed by atoms with van der Waals surface area (Å²) in [5.41, 5.74) is 0.142. The molecule has 2 aliphatic rings. The minimum Gasteiger partial charge on any atom is -0.465 e. The third-order valence-electron chi connectivity index (χ3n) is 3.06. The minimum atomic E-state index is -0.772. The van der Waals surface area contributed by atoms with Gasteiger partial charge in [0.25, 0.3) is 0 Å². The molecule has 1 saturated heterocycles. The fourth-order valence-corrected chi connectivity index (χ4v) is 2.40. The summed E-state index contributed by atoms with van der Waals surface area (Å²) in [5.74, 6) is 1.12. The van der Waals surface area contributed by atoms with Gasteiger partial charge in [0, 0.05) is 24.7 Å². The van der Waals surface area contributed by atoms with Gasteiger partial charge in [-0.3, -0.25) is 0 Å². The molecule has 80 valence electrons. The second-order valence-electron chi connectivity index (χ2n) is 5.44. The molecule has 0 bridgehead atoms. The second kappa shape index (κ2) is 2.86. The van der Waals surface area contributed by atoms with Crippen LogP contribution in [-0.4, -0.2) is 40.8 Å². The number of hydrogen-bond donors (Lipinski definition) is 2. The van der Waals surface area contributed by atoms with Gasteiger partial charge in [-0.1, -0.05) is 0 Å². The number of piperidine rings is 1. The number of hydrogen-bond acceptors (Lipinski definition) is 2. The Balaban J connectivity index is 1.83. The van der Waals surface area contributed by atoms with Crippen LogP contribution >= 0.6 is 0 Å². The molecule has 1 aliphatic carbocycles.